The van der Waals surface area contributed by atoms with Gasteiger partial charge in [-0.3, -0.25) is 5.41 Å². The van der Waals surface area contributed by atoms with Crippen molar-refractivity contribution in [3.05, 3.63) is 37.9 Å². The first kappa shape index (κ1) is 11.7. The van der Waals surface area contributed by atoms with Gasteiger partial charge in [-0.05, 0) is 19.1 Å². The van der Waals surface area contributed by atoms with Crippen molar-refractivity contribution in [2.24, 2.45) is 7.05 Å². The van der Waals surface area contributed by atoms with Gasteiger partial charge in [0.1, 0.15) is 0 Å². The minimum absolute atomic E-state index is 0.526. The van der Waals surface area contributed by atoms with E-state index in [0.717, 1.165) is 16.1 Å². The van der Waals surface area contributed by atoms with Crippen molar-refractivity contribution in [1.29, 1.82) is 5.41 Å². The Kier molecular flexibility index (Phi) is 3.10. The van der Waals surface area contributed by atoms with Gasteiger partial charge in [0.2, 0.25) is 0 Å². The van der Waals surface area contributed by atoms with E-state index in [1.54, 1.807) is 6.07 Å². The molecule has 0 amide bonds. The zero-order chi connectivity index (χ0) is 11.9. The highest BCUT2D eigenvalue weighted by molar-refractivity contribution is 7.09. The third-order valence-electron chi connectivity index (χ3n) is 2.42. The number of thiazole rings is 1. The van der Waals surface area contributed by atoms with Gasteiger partial charge in [-0.2, -0.15) is 0 Å². The molecule has 0 atom stereocenters. The number of hydrogen-bond acceptors (Lipinski definition) is 2. The Balaban J connectivity index is 2.67. The topological polar surface area (TPSA) is 28.8 Å². The molecule has 2 rings (SSSR count). The number of aryl methyl sites for hydroxylation is 1. The molecule has 1 heterocycles. The number of halogens is 2. The second kappa shape index (κ2) is 4.24. The van der Waals surface area contributed by atoms with E-state index in [4.69, 9.17) is 28.6 Å². The molecule has 1 aromatic carbocycles. The van der Waals surface area contributed by atoms with Crippen molar-refractivity contribution in [2.45, 2.75) is 6.92 Å². The Morgan fingerprint density at radius 2 is 1.94 bits per heavy atom. The Hall–Kier alpha value is -0.770. The maximum atomic E-state index is 7.75. The highest BCUT2D eigenvalue weighted by Gasteiger charge is 2.10. The SMILES string of the molecule is Cc1sc(=N)n(C)c1-c1ccc(Cl)c(Cl)c1. The van der Waals surface area contributed by atoms with Crippen LogP contribution < -0.4 is 4.80 Å². The Morgan fingerprint density at radius 1 is 1.25 bits per heavy atom. The van der Waals surface area contributed by atoms with Crippen molar-refractivity contribution < 1.29 is 0 Å². The van der Waals surface area contributed by atoms with Gasteiger partial charge < -0.3 is 4.57 Å². The molecule has 2 nitrogen and oxygen atoms in total. The lowest BCUT2D eigenvalue weighted by atomic mass is 10.1. The highest BCUT2D eigenvalue weighted by atomic mass is 35.5. The van der Waals surface area contributed by atoms with Crippen molar-refractivity contribution in [2.75, 3.05) is 0 Å². The first-order valence-corrected chi connectivity index (χ1v) is 6.24. The molecule has 0 saturated carbocycles. The average Bonchev–Trinajstić information content (AvgIpc) is 2.47. The molecule has 0 unspecified atom stereocenters. The summed E-state index contributed by atoms with van der Waals surface area (Å²) < 4.78 is 1.85. The molecule has 0 aliphatic heterocycles. The van der Waals surface area contributed by atoms with E-state index in [0.29, 0.717) is 14.8 Å². The summed E-state index contributed by atoms with van der Waals surface area (Å²) in [5, 5.41) is 8.84. The number of nitrogens with zero attached hydrogens (tertiary/aromatic N) is 1. The summed E-state index contributed by atoms with van der Waals surface area (Å²) in [5.74, 6) is 0. The standard InChI is InChI=1S/C11H10Cl2N2S/c1-6-10(15(2)11(14)16-6)7-3-4-8(12)9(13)5-7/h3-5,14H,1-2H3. The summed E-state index contributed by atoms with van der Waals surface area (Å²) in [6.07, 6.45) is 0. The zero-order valence-corrected chi connectivity index (χ0v) is 11.2. The van der Waals surface area contributed by atoms with Gasteiger partial charge in [-0.15, -0.1) is 11.3 Å². The summed E-state index contributed by atoms with van der Waals surface area (Å²) in [5.41, 5.74) is 2.01. The highest BCUT2D eigenvalue weighted by Crippen LogP contribution is 2.30. The Labute approximate surface area is 108 Å². The summed E-state index contributed by atoms with van der Waals surface area (Å²) in [6.45, 7) is 2.00. The molecule has 84 valence electrons. The first-order chi connectivity index (χ1) is 7.50. The minimum Gasteiger partial charge on any atom is -0.320 e. The van der Waals surface area contributed by atoms with E-state index in [2.05, 4.69) is 0 Å². The van der Waals surface area contributed by atoms with Gasteiger partial charge >= 0.3 is 0 Å². The molecule has 0 bridgehead atoms. The van der Waals surface area contributed by atoms with Gasteiger partial charge in [-0.1, -0.05) is 29.3 Å². The van der Waals surface area contributed by atoms with Crippen LogP contribution in [0.5, 0.6) is 0 Å². The molecule has 0 aliphatic rings. The first-order valence-electron chi connectivity index (χ1n) is 4.67. The van der Waals surface area contributed by atoms with Gasteiger partial charge in [-0.25, -0.2) is 0 Å². The lowest BCUT2D eigenvalue weighted by Gasteiger charge is -2.05. The van der Waals surface area contributed by atoms with Gasteiger partial charge in [0.15, 0.2) is 4.80 Å². The fourth-order valence-corrected chi connectivity index (χ4v) is 2.81. The lowest BCUT2D eigenvalue weighted by Crippen LogP contribution is -2.08. The molecule has 1 N–H and O–H groups in total. The smallest absolute Gasteiger partial charge is 0.182 e. The molecule has 0 radical (unpaired) electrons. The van der Waals surface area contributed by atoms with E-state index in [1.807, 2.05) is 30.7 Å². The minimum atomic E-state index is 0.526. The number of benzene rings is 1. The van der Waals surface area contributed by atoms with Crippen LogP contribution in [0.15, 0.2) is 18.2 Å². The third-order valence-corrected chi connectivity index (χ3v) is 4.12. The summed E-state index contributed by atoms with van der Waals surface area (Å²) in [4.78, 5) is 1.63. The van der Waals surface area contributed by atoms with Crippen LogP contribution >= 0.6 is 34.5 Å². The summed E-state index contributed by atoms with van der Waals surface area (Å²) in [6, 6.07) is 5.53. The van der Waals surface area contributed by atoms with Crippen LogP contribution in [0.3, 0.4) is 0 Å². The summed E-state index contributed by atoms with van der Waals surface area (Å²) in [7, 11) is 1.88. The van der Waals surface area contributed by atoms with Crippen molar-refractivity contribution in [1.82, 2.24) is 4.57 Å². The van der Waals surface area contributed by atoms with Gasteiger partial charge in [0.25, 0.3) is 0 Å². The Morgan fingerprint density at radius 3 is 2.44 bits per heavy atom. The molecule has 0 saturated heterocycles. The maximum Gasteiger partial charge on any atom is 0.182 e. The zero-order valence-electron chi connectivity index (χ0n) is 8.84. The molecule has 2 aromatic rings. The normalized spacial score (nSPS) is 10.8. The van der Waals surface area contributed by atoms with Crippen LogP contribution in [0.2, 0.25) is 10.0 Å². The summed E-state index contributed by atoms with van der Waals surface area (Å²) >= 11 is 13.3. The van der Waals surface area contributed by atoms with E-state index in [1.165, 1.54) is 11.3 Å². The number of nitrogens with one attached hydrogen (secondary N) is 1. The van der Waals surface area contributed by atoms with Gasteiger partial charge in [0.05, 0.1) is 15.7 Å². The lowest BCUT2D eigenvalue weighted by molar-refractivity contribution is 0.864. The molecule has 0 aliphatic carbocycles. The quantitative estimate of drug-likeness (QED) is 0.817. The predicted octanol–water partition coefficient (Wildman–Crippen LogP) is 3.85. The second-order valence-electron chi connectivity index (χ2n) is 3.50. The van der Waals surface area contributed by atoms with Crippen LogP contribution in [0.4, 0.5) is 0 Å². The van der Waals surface area contributed by atoms with E-state index in [9.17, 15) is 0 Å². The van der Waals surface area contributed by atoms with Crippen molar-refractivity contribution >= 4 is 34.5 Å². The molecular weight excluding hydrogens is 263 g/mol. The number of aromatic nitrogens is 1. The monoisotopic (exact) mass is 272 g/mol. The number of rotatable bonds is 1. The van der Waals surface area contributed by atoms with Crippen LogP contribution in [-0.4, -0.2) is 4.57 Å². The fourth-order valence-electron chi connectivity index (χ4n) is 1.64. The molecule has 1 aromatic heterocycles. The second-order valence-corrected chi connectivity index (χ2v) is 5.52. The van der Waals surface area contributed by atoms with Crippen molar-refractivity contribution in [3.8, 4) is 11.3 Å². The average molecular weight is 273 g/mol. The molecule has 0 fully saturated rings. The van der Waals surface area contributed by atoms with Gasteiger partial charge in [0, 0.05) is 17.5 Å². The van der Waals surface area contributed by atoms with E-state index >= 15 is 0 Å². The molecule has 16 heavy (non-hydrogen) atoms. The molecular formula is C11H10Cl2N2S. The van der Waals surface area contributed by atoms with E-state index in [-0.39, 0.29) is 0 Å². The third kappa shape index (κ3) is 1.90. The molecule has 5 heteroatoms. The number of hydrogen-bond donors (Lipinski definition) is 1. The van der Waals surface area contributed by atoms with E-state index < -0.39 is 0 Å². The fraction of sp³-hybridized carbons (Fsp3) is 0.182. The maximum absolute atomic E-state index is 7.75. The Bertz CT molecular complexity index is 599. The molecule has 0 spiro atoms. The predicted molar refractivity (Wildman–Crippen MR) is 69.3 cm³/mol. The van der Waals surface area contributed by atoms with Crippen LogP contribution in [0, 0.1) is 12.3 Å². The van der Waals surface area contributed by atoms with Crippen LogP contribution in [-0.2, 0) is 7.05 Å². The van der Waals surface area contributed by atoms with Crippen molar-refractivity contribution in [3.63, 3.8) is 0 Å². The van der Waals surface area contributed by atoms with Crippen LogP contribution in [0.1, 0.15) is 4.88 Å². The largest absolute Gasteiger partial charge is 0.320 e. The van der Waals surface area contributed by atoms with Crippen LogP contribution in [0.25, 0.3) is 11.3 Å².